The number of esters is 4. The smallest absolute Gasteiger partial charge is 0.462 e. The summed E-state index contributed by atoms with van der Waals surface area (Å²) in [6, 6.07) is 0. The third-order valence-electron chi connectivity index (χ3n) is 17.2. The summed E-state index contributed by atoms with van der Waals surface area (Å²) in [5.41, 5.74) is 0. The molecule has 17 nitrogen and oxygen atoms in total. The molecule has 3 N–H and O–H groups in total. The highest BCUT2D eigenvalue weighted by atomic mass is 31.2. The Kier molecular flexibility index (Phi) is 71.2. The minimum Gasteiger partial charge on any atom is -0.462 e. The molecule has 0 radical (unpaired) electrons. The number of carbonyl (C=O) groups is 4. The van der Waals surface area contributed by atoms with E-state index < -0.39 is 97.5 Å². The van der Waals surface area contributed by atoms with Crippen LogP contribution < -0.4 is 0 Å². The summed E-state index contributed by atoms with van der Waals surface area (Å²) < 4.78 is 68.6. The fraction of sp³-hybridized carbons (Fsp3) is 0.802. The number of hydrogen-bond acceptors (Lipinski definition) is 15. The number of carbonyl (C=O) groups excluding carboxylic acids is 4. The maximum absolute atomic E-state index is 13.1. The number of ether oxygens (including phenoxy) is 4. The SMILES string of the molecule is CC/C=C\C/C=C\C/C=C\C/C=C\C/C=C\CCCCCC(=O)OCC(COP(=O)(O)OCC(O)COP(=O)(O)OCC(COC(=O)CCCCCCC/C=C\CCCCCCCC)OC(=O)CCCCCCCCCCCCCCC)OC(=O)CCCCCCCCCCCCCCC. The zero-order valence-corrected chi connectivity index (χ0v) is 65.4. The minimum absolute atomic E-state index is 0.0923. The molecule has 582 valence electrons. The van der Waals surface area contributed by atoms with E-state index in [4.69, 9.17) is 37.0 Å². The Balaban J connectivity index is 5.33. The van der Waals surface area contributed by atoms with Gasteiger partial charge in [-0.25, -0.2) is 9.13 Å². The van der Waals surface area contributed by atoms with Gasteiger partial charge < -0.3 is 33.8 Å². The van der Waals surface area contributed by atoms with Crippen molar-refractivity contribution < 1.29 is 80.2 Å². The van der Waals surface area contributed by atoms with E-state index in [0.717, 1.165) is 141 Å². The molecule has 0 bridgehead atoms. The van der Waals surface area contributed by atoms with E-state index in [1.165, 1.54) is 141 Å². The van der Waals surface area contributed by atoms with E-state index >= 15 is 0 Å². The van der Waals surface area contributed by atoms with Crippen LogP contribution in [0.25, 0.3) is 0 Å². The highest BCUT2D eigenvalue weighted by molar-refractivity contribution is 7.47. The number of phosphoric acid groups is 2. The van der Waals surface area contributed by atoms with Crippen molar-refractivity contribution in [3.8, 4) is 0 Å². The molecule has 0 aromatic rings. The van der Waals surface area contributed by atoms with Gasteiger partial charge in [-0.15, -0.1) is 0 Å². The minimum atomic E-state index is -4.98. The lowest BCUT2D eigenvalue weighted by atomic mass is 10.0. The van der Waals surface area contributed by atoms with E-state index in [1.807, 2.05) is 0 Å². The molecule has 0 heterocycles. The predicted molar refractivity (Wildman–Crippen MR) is 409 cm³/mol. The highest BCUT2D eigenvalue weighted by Crippen LogP contribution is 2.45. The fourth-order valence-electron chi connectivity index (χ4n) is 11.1. The Labute approximate surface area is 609 Å². The van der Waals surface area contributed by atoms with Gasteiger partial charge in [0.2, 0.25) is 0 Å². The van der Waals surface area contributed by atoms with E-state index in [0.29, 0.717) is 25.7 Å². The lowest BCUT2D eigenvalue weighted by Gasteiger charge is -2.21. The number of aliphatic hydroxyl groups excluding tert-OH is 1. The molecule has 0 saturated heterocycles. The van der Waals surface area contributed by atoms with Crippen molar-refractivity contribution in [3.05, 3.63) is 72.9 Å². The molecule has 0 fully saturated rings. The van der Waals surface area contributed by atoms with Gasteiger partial charge in [0.25, 0.3) is 0 Å². The Morgan fingerprint density at radius 1 is 0.290 bits per heavy atom. The summed E-state index contributed by atoms with van der Waals surface area (Å²) in [5.74, 6) is -2.19. The average molecular weight is 1450 g/mol. The Morgan fingerprint density at radius 2 is 0.520 bits per heavy atom. The maximum atomic E-state index is 13.1. The van der Waals surface area contributed by atoms with Gasteiger partial charge in [-0.1, -0.05) is 312 Å². The summed E-state index contributed by atoms with van der Waals surface area (Å²) in [5, 5.41) is 10.6. The number of allylic oxidation sites excluding steroid dienone is 12. The zero-order chi connectivity index (χ0) is 73.2. The summed E-state index contributed by atoms with van der Waals surface area (Å²) in [6.07, 6.45) is 74.5. The van der Waals surface area contributed by atoms with Crippen LogP contribution in [0.2, 0.25) is 0 Å². The third kappa shape index (κ3) is 72.8. The third-order valence-corrected chi connectivity index (χ3v) is 19.1. The standard InChI is InChI=1S/C81H146O17P2/c1-5-9-13-17-21-25-29-33-35-36-37-38-40-44-46-50-54-58-62-66-79(84)92-72-77(98-81(86)68-64-60-56-52-48-42-32-28-24-20-16-12-8-4)74-96-100(89,90)94-70-75(82)69-93-99(87,88)95-73-76(97-80(85)67-63-59-55-51-47-41-31-27-23-19-15-11-7-3)71-91-78(83)65-61-57-53-49-45-43-39-34-30-26-22-18-14-10-6-2/h9,13,21,25,33-35,37-39,44,46,75-77,82H,5-8,10-12,14-20,22-24,26-32,36,40-43,45,47-74H2,1-4H3,(H,87,88)(H,89,90)/b13-9-,25-21-,35-33-,38-37-,39-34-,46-44-. The quantitative estimate of drug-likeness (QED) is 0.0169. The average Bonchev–Trinajstić information content (AvgIpc) is 0.935. The van der Waals surface area contributed by atoms with Crippen LogP contribution in [0.15, 0.2) is 72.9 Å². The van der Waals surface area contributed by atoms with Crippen LogP contribution in [-0.2, 0) is 65.4 Å². The first-order chi connectivity index (χ1) is 48.7. The Bertz CT molecular complexity index is 2180. The van der Waals surface area contributed by atoms with Crippen LogP contribution in [0, 0.1) is 0 Å². The molecule has 0 aromatic carbocycles. The van der Waals surface area contributed by atoms with Gasteiger partial charge in [0, 0.05) is 25.7 Å². The molecule has 0 amide bonds. The highest BCUT2D eigenvalue weighted by Gasteiger charge is 2.30. The molecule has 0 aliphatic rings. The molecule has 5 unspecified atom stereocenters. The van der Waals surface area contributed by atoms with Crippen molar-refractivity contribution in [2.75, 3.05) is 39.6 Å². The van der Waals surface area contributed by atoms with Crippen molar-refractivity contribution >= 4 is 39.5 Å². The summed E-state index contributed by atoms with van der Waals surface area (Å²) in [7, 11) is -9.95. The topological polar surface area (TPSA) is 237 Å². The van der Waals surface area contributed by atoms with Gasteiger partial charge >= 0.3 is 39.5 Å². The van der Waals surface area contributed by atoms with Gasteiger partial charge in [0.1, 0.15) is 19.3 Å². The van der Waals surface area contributed by atoms with Crippen LogP contribution in [0.4, 0.5) is 0 Å². The van der Waals surface area contributed by atoms with Crippen molar-refractivity contribution in [2.45, 2.75) is 380 Å². The van der Waals surface area contributed by atoms with Gasteiger partial charge in [-0.05, 0) is 96.3 Å². The van der Waals surface area contributed by atoms with Crippen LogP contribution in [-0.4, -0.2) is 96.7 Å². The molecule has 0 aliphatic carbocycles. The number of hydrogen-bond donors (Lipinski definition) is 3. The fourth-order valence-corrected chi connectivity index (χ4v) is 12.6. The molecule has 0 aromatic heterocycles. The largest absolute Gasteiger partial charge is 0.472 e. The maximum Gasteiger partial charge on any atom is 0.472 e. The molecule has 100 heavy (non-hydrogen) atoms. The van der Waals surface area contributed by atoms with Gasteiger partial charge in [0.15, 0.2) is 12.2 Å². The van der Waals surface area contributed by atoms with Crippen LogP contribution in [0.1, 0.15) is 362 Å². The van der Waals surface area contributed by atoms with E-state index in [2.05, 4.69) is 101 Å². The van der Waals surface area contributed by atoms with Crippen molar-refractivity contribution in [2.24, 2.45) is 0 Å². The summed E-state index contributed by atoms with van der Waals surface area (Å²) in [4.78, 5) is 72.9. The first-order valence-corrected chi connectivity index (χ1v) is 43.2. The van der Waals surface area contributed by atoms with E-state index in [9.17, 15) is 43.2 Å². The zero-order valence-electron chi connectivity index (χ0n) is 63.6. The van der Waals surface area contributed by atoms with Crippen molar-refractivity contribution in [1.82, 2.24) is 0 Å². The molecule has 5 atom stereocenters. The molecular formula is C81H146O17P2. The Hall–Kier alpha value is -3.50. The first kappa shape index (κ1) is 96.5. The first-order valence-electron chi connectivity index (χ1n) is 40.2. The second-order valence-electron chi connectivity index (χ2n) is 27.0. The van der Waals surface area contributed by atoms with E-state index in [1.54, 1.807) is 0 Å². The lowest BCUT2D eigenvalue weighted by Crippen LogP contribution is -2.30. The van der Waals surface area contributed by atoms with Crippen LogP contribution >= 0.6 is 15.6 Å². The number of phosphoric ester groups is 2. The summed E-state index contributed by atoms with van der Waals surface area (Å²) >= 11 is 0. The number of unbranched alkanes of at least 4 members (excludes halogenated alkanes) is 38. The van der Waals surface area contributed by atoms with E-state index in [-0.39, 0.29) is 25.7 Å². The van der Waals surface area contributed by atoms with Crippen molar-refractivity contribution in [3.63, 3.8) is 0 Å². The molecular weight excluding hydrogens is 1310 g/mol. The monoisotopic (exact) mass is 1450 g/mol. The van der Waals surface area contributed by atoms with Gasteiger partial charge in [-0.2, -0.15) is 0 Å². The van der Waals surface area contributed by atoms with Crippen molar-refractivity contribution in [1.29, 1.82) is 0 Å². The van der Waals surface area contributed by atoms with Crippen LogP contribution in [0.3, 0.4) is 0 Å². The van der Waals surface area contributed by atoms with Gasteiger partial charge in [-0.3, -0.25) is 37.3 Å². The molecule has 0 spiro atoms. The number of rotatable bonds is 76. The predicted octanol–water partition coefficient (Wildman–Crippen LogP) is 23.2. The number of aliphatic hydroxyl groups is 1. The molecule has 19 heteroatoms. The normalized spacial score (nSPS) is 14.3. The summed E-state index contributed by atoms with van der Waals surface area (Å²) in [6.45, 7) is 4.78. The van der Waals surface area contributed by atoms with Crippen LogP contribution in [0.5, 0.6) is 0 Å². The van der Waals surface area contributed by atoms with Gasteiger partial charge in [0.05, 0.1) is 26.4 Å². The Morgan fingerprint density at radius 3 is 0.820 bits per heavy atom. The molecule has 0 rings (SSSR count). The second kappa shape index (κ2) is 73.8. The molecule has 0 saturated carbocycles. The molecule has 0 aliphatic heterocycles. The second-order valence-corrected chi connectivity index (χ2v) is 29.9. The lowest BCUT2D eigenvalue weighted by molar-refractivity contribution is -0.161.